The molecule has 3 heteroatoms. The van der Waals surface area contributed by atoms with Gasteiger partial charge >= 0.3 is 0 Å². The number of nitrogens with one attached hydrogen (secondary N) is 1. The first-order chi connectivity index (χ1) is 8.01. The Morgan fingerprint density at radius 2 is 1.76 bits per heavy atom. The average Bonchev–Trinajstić information content (AvgIpc) is 2.25. The highest BCUT2D eigenvalue weighted by molar-refractivity contribution is 4.75. The molecule has 0 radical (unpaired) electrons. The standard InChI is InChI=1S/C14H32N2O/c1-6-7-8-9-16(13(4)5)10-14(11-17)15-12(2)3/h12-15,17H,6-11H2,1-5H3. The van der Waals surface area contributed by atoms with Crippen LogP contribution in [0.25, 0.3) is 0 Å². The van der Waals surface area contributed by atoms with Crippen molar-refractivity contribution in [3.8, 4) is 0 Å². The summed E-state index contributed by atoms with van der Waals surface area (Å²) in [6, 6.07) is 1.17. The molecule has 0 bridgehead atoms. The minimum atomic E-state index is 0.194. The molecule has 0 saturated heterocycles. The van der Waals surface area contributed by atoms with Gasteiger partial charge in [-0.15, -0.1) is 0 Å². The van der Waals surface area contributed by atoms with E-state index in [2.05, 4.69) is 44.8 Å². The van der Waals surface area contributed by atoms with Crippen molar-refractivity contribution in [2.75, 3.05) is 19.7 Å². The van der Waals surface area contributed by atoms with Crippen molar-refractivity contribution < 1.29 is 5.11 Å². The van der Waals surface area contributed by atoms with E-state index in [0.717, 1.165) is 13.1 Å². The van der Waals surface area contributed by atoms with Gasteiger partial charge in [0.1, 0.15) is 0 Å². The summed E-state index contributed by atoms with van der Waals surface area (Å²) in [5, 5.41) is 12.8. The third-order valence-corrected chi connectivity index (χ3v) is 3.02. The molecule has 0 fully saturated rings. The van der Waals surface area contributed by atoms with Crippen LogP contribution in [0.1, 0.15) is 53.9 Å². The molecule has 2 N–H and O–H groups in total. The van der Waals surface area contributed by atoms with Crippen LogP contribution in [0, 0.1) is 0 Å². The van der Waals surface area contributed by atoms with Crippen LogP contribution in [-0.2, 0) is 0 Å². The SMILES string of the molecule is CCCCCN(CC(CO)NC(C)C)C(C)C. The molecule has 17 heavy (non-hydrogen) atoms. The number of rotatable bonds is 10. The third-order valence-electron chi connectivity index (χ3n) is 3.02. The lowest BCUT2D eigenvalue weighted by molar-refractivity contribution is 0.150. The molecule has 3 nitrogen and oxygen atoms in total. The van der Waals surface area contributed by atoms with Gasteiger partial charge in [0.05, 0.1) is 6.61 Å². The van der Waals surface area contributed by atoms with E-state index < -0.39 is 0 Å². The van der Waals surface area contributed by atoms with Crippen molar-refractivity contribution in [1.82, 2.24) is 10.2 Å². The fourth-order valence-electron chi connectivity index (χ4n) is 2.04. The highest BCUT2D eigenvalue weighted by atomic mass is 16.3. The number of aliphatic hydroxyl groups excluding tert-OH is 1. The number of hydrogen-bond acceptors (Lipinski definition) is 3. The first kappa shape index (κ1) is 16.9. The van der Waals surface area contributed by atoms with Gasteiger partial charge in [-0.3, -0.25) is 4.90 Å². The van der Waals surface area contributed by atoms with Crippen molar-refractivity contribution in [2.45, 2.75) is 72.0 Å². The van der Waals surface area contributed by atoms with Gasteiger partial charge in [-0.1, -0.05) is 33.6 Å². The fraction of sp³-hybridized carbons (Fsp3) is 1.00. The molecular formula is C14H32N2O. The highest BCUT2D eigenvalue weighted by Crippen LogP contribution is 2.05. The Morgan fingerprint density at radius 1 is 1.12 bits per heavy atom. The lowest BCUT2D eigenvalue weighted by Crippen LogP contribution is -2.48. The highest BCUT2D eigenvalue weighted by Gasteiger charge is 2.16. The molecular weight excluding hydrogens is 212 g/mol. The minimum absolute atomic E-state index is 0.194. The Bertz CT molecular complexity index is 172. The minimum Gasteiger partial charge on any atom is -0.395 e. The van der Waals surface area contributed by atoms with Gasteiger partial charge in [-0.25, -0.2) is 0 Å². The largest absolute Gasteiger partial charge is 0.395 e. The van der Waals surface area contributed by atoms with Crippen LogP contribution < -0.4 is 5.32 Å². The van der Waals surface area contributed by atoms with E-state index in [4.69, 9.17) is 0 Å². The van der Waals surface area contributed by atoms with Crippen molar-refractivity contribution in [3.63, 3.8) is 0 Å². The molecule has 0 aromatic carbocycles. The summed E-state index contributed by atoms with van der Waals surface area (Å²) >= 11 is 0. The Labute approximate surface area is 108 Å². The molecule has 0 rings (SSSR count). The molecule has 0 saturated carbocycles. The Hall–Kier alpha value is -0.120. The second kappa shape index (κ2) is 9.86. The smallest absolute Gasteiger partial charge is 0.0597 e. The Balaban J connectivity index is 4.10. The summed E-state index contributed by atoms with van der Waals surface area (Å²) in [7, 11) is 0. The third kappa shape index (κ3) is 8.58. The van der Waals surface area contributed by atoms with Crippen molar-refractivity contribution >= 4 is 0 Å². The summed E-state index contributed by atoms with van der Waals surface area (Å²) in [6.45, 7) is 13.2. The summed E-state index contributed by atoms with van der Waals surface area (Å²) in [5.74, 6) is 0. The van der Waals surface area contributed by atoms with Gasteiger partial charge < -0.3 is 10.4 Å². The predicted octanol–water partition coefficient (Wildman–Crippen LogP) is 2.25. The van der Waals surface area contributed by atoms with E-state index in [9.17, 15) is 5.11 Å². The quantitative estimate of drug-likeness (QED) is 0.579. The molecule has 104 valence electrons. The van der Waals surface area contributed by atoms with E-state index in [1.807, 2.05) is 0 Å². The van der Waals surface area contributed by atoms with Crippen LogP contribution in [0.3, 0.4) is 0 Å². The first-order valence-corrected chi connectivity index (χ1v) is 7.12. The molecule has 0 amide bonds. The summed E-state index contributed by atoms with van der Waals surface area (Å²) < 4.78 is 0. The summed E-state index contributed by atoms with van der Waals surface area (Å²) in [4.78, 5) is 2.46. The van der Waals surface area contributed by atoms with E-state index in [0.29, 0.717) is 12.1 Å². The van der Waals surface area contributed by atoms with E-state index in [-0.39, 0.29) is 12.6 Å². The zero-order valence-corrected chi connectivity index (χ0v) is 12.4. The molecule has 0 spiro atoms. The Morgan fingerprint density at radius 3 is 2.18 bits per heavy atom. The molecule has 0 aliphatic heterocycles. The number of unbranched alkanes of at least 4 members (excludes halogenated alkanes) is 2. The molecule has 0 aliphatic carbocycles. The average molecular weight is 244 g/mol. The van der Waals surface area contributed by atoms with Gasteiger partial charge in [0.15, 0.2) is 0 Å². The molecule has 1 atom stereocenters. The summed E-state index contributed by atoms with van der Waals surface area (Å²) in [6.07, 6.45) is 3.82. The number of aliphatic hydroxyl groups is 1. The second-order valence-corrected chi connectivity index (χ2v) is 5.50. The lowest BCUT2D eigenvalue weighted by Gasteiger charge is -2.31. The van der Waals surface area contributed by atoms with Gasteiger partial charge in [-0.2, -0.15) is 0 Å². The zero-order chi connectivity index (χ0) is 13.3. The second-order valence-electron chi connectivity index (χ2n) is 5.50. The normalized spacial score (nSPS) is 13.9. The molecule has 0 aliphatic rings. The van der Waals surface area contributed by atoms with Gasteiger partial charge in [0, 0.05) is 24.7 Å². The molecule has 0 aromatic rings. The predicted molar refractivity (Wildman–Crippen MR) is 75.4 cm³/mol. The maximum atomic E-state index is 9.39. The van der Waals surface area contributed by atoms with E-state index in [1.54, 1.807) is 0 Å². The molecule has 1 unspecified atom stereocenters. The van der Waals surface area contributed by atoms with Crippen molar-refractivity contribution in [2.24, 2.45) is 0 Å². The van der Waals surface area contributed by atoms with Crippen LogP contribution in [0.2, 0.25) is 0 Å². The first-order valence-electron chi connectivity index (χ1n) is 7.12. The van der Waals surface area contributed by atoms with Crippen LogP contribution in [0.15, 0.2) is 0 Å². The van der Waals surface area contributed by atoms with Gasteiger partial charge in [0.2, 0.25) is 0 Å². The fourth-order valence-corrected chi connectivity index (χ4v) is 2.04. The summed E-state index contributed by atoms with van der Waals surface area (Å²) in [5.41, 5.74) is 0. The maximum Gasteiger partial charge on any atom is 0.0597 e. The molecule has 0 aromatic heterocycles. The van der Waals surface area contributed by atoms with Crippen LogP contribution in [0.4, 0.5) is 0 Å². The van der Waals surface area contributed by atoms with Crippen LogP contribution in [0.5, 0.6) is 0 Å². The van der Waals surface area contributed by atoms with Gasteiger partial charge in [0.25, 0.3) is 0 Å². The Kier molecular flexibility index (Phi) is 9.79. The van der Waals surface area contributed by atoms with Crippen molar-refractivity contribution in [3.05, 3.63) is 0 Å². The van der Waals surface area contributed by atoms with Crippen molar-refractivity contribution in [1.29, 1.82) is 0 Å². The maximum absolute atomic E-state index is 9.39. The van der Waals surface area contributed by atoms with E-state index >= 15 is 0 Å². The number of hydrogen-bond donors (Lipinski definition) is 2. The van der Waals surface area contributed by atoms with Gasteiger partial charge in [-0.05, 0) is 26.8 Å². The monoisotopic (exact) mass is 244 g/mol. The van der Waals surface area contributed by atoms with Crippen LogP contribution >= 0.6 is 0 Å². The lowest BCUT2D eigenvalue weighted by atomic mass is 10.2. The molecule has 0 heterocycles. The topological polar surface area (TPSA) is 35.5 Å². The zero-order valence-electron chi connectivity index (χ0n) is 12.4. The van der Waals surface area contributed by atoms with Crippen LogP contribution in [-0.4, -0.2) is 47.8 Å². The van der Waals surface area contributed by atoms with E-state index in [1.165, 1.54) is 19.3 Å². The number of nitrogens with zero attached hydrogens (tertiary/aromatic N) is 1.